The molecule has 1 aromatic heterocycles. The molecule has 1 fully saturated rings. The molecular formula is C23H23N3O2. The molecule has 0 atom stereocenters. The standard InChI is InChI=1S/C23H23N3O2/c27-22(14-8-9-14)24-16-4-3-5-17(13-16)25-23(28)15-10-11-21-19(12-15)18-6-1-2-7-20(18)26-21/h3-5,10-14,26H,1-2,6-9H2,(H,24,27)(H,25,28). The van der Waals surface area contributed by atoms with Crippen molar-refractivity contribution >= 4 is 34.1 Å². The molecule has 0 spiro atoms. The molecule has 0 aliphatic heterocycles. The number of amides is 2. The Balaban J connectivity index is 1.35. The number of fused-ring (bicyclic) bond motifs is 3. The fourth-order valence-electron chi connectivity index (χ4n) is 4.02. The first-order valence-electron chi connectivity index (χ1n) is 10.0. The van der Waals surface area contributed by atoms with Gasteiger partial charge < -0.3 is 15.6 Å². The lowest BCUT2D eigenvalue weighted by atomic mass is 9.95. The number of aryl methyl sites for hydroxylation is 2. The van der Waals surface area contributed by atoms with Gasteiger partial charge in [0.25, 0.3) is 5.91 Å². The zero-order valence-electron chi connectivity index (χ0n) is 15.7. The van der Waals surface area contributed by atoms with Gasteiger partial charge in [0, 0.05) is 39.5 Å². The average molecular weight is 373 g/mol. The average Bonchev–Trinajstić information content (AvgIpc) is 3.49. The van der Waals surface area contributed by atoms with Crippen LogP contribution in [0.5, 0.6) is 0 Å². The molecule has 5 heteroatoms. The van der Waals surface area contributed by atoms with Gasteiger partial charge >= 0.3 is 0 Å². The molecule has 5 rings (SSSR count). The minimum atomic E-state index is -0.140. The number of nitrogens with one attached hydrogen (secondary N) is 3. The van der Waals surface area contributed by atoms with Gasteiger partial charge in [-0.05, 0) is 80.5 Å². The van der Waals surface area contributed by atoms with Crippen LogP contribution >= 0.6 is 0 Å². The number of hydrogen-bond donors (Lipinski definition) is 3. The lowest BCUT2D eigenvalue weighted by Gasteiger charge is -2.11. The van der Waals surface area contributed by atoms with Crippen molar-refractivity contribution < 1.29 is 9.59 Å². The summed E-state index contributed by atoms with van der Waals surface area (Å²) >= 11 is 0. The maximum absolute atomic E-state index is 12.8. The molecule has 28 heavy (non-hydrogen) atoms. The summed E-state index contributed by atoms with van der Waals surface area (Å²) < 4.78 is 0. The molecule has 5 nitrogen and oxygen atoms in total. The predicted molar refractivity (Wildman–Crippen MR) is 111 cm³/mol. The Morgan fingerprint density at radius 3 is 2.54 bits per heavy atom. The smallest absolute Gasteiger partial charge is 0.255 e. The molecule has 2 aromatic carbocycles. The molecule has 1 saturated carbocycles. The second-order valence-corrected chi connectivity index (χ2v) is 7.85. The number of carbonyl (C=O) groups excluding carboxylic acids is 2. The number of anilines is 2. The molecule has 2 aliphatic rings. The highest BCUT2D eigenvalue weighted by molar-refractivity contribution is 6.07. The highest BCUT2D eigenvalue weighted by atomic mass is 16.2. The quantitative estimate of drug-likeness (QED) is 0.623. The fourth-order valence-corrected chi connectivity index (χ4v) is 4.02. The Morgan fingerprint density at radius 2 is 1.71 bits per heavy atom. The molecule has 0 unspecified atom stereocenters. The van der Waals surface area contributed by atoms with Crippen LogP contribution in [-0.2, 0) is 17.6 Å². The van der Waals surface area contributed by atoms with E-state index in [-0.39, 0.29) is 17.7 Å². The fraction of sp³-hybridized carbons (Fsp3) is 0.304. The molecular weight excluding hydrogens is 350 g/mol. The van der Waals surface area contributed by atoms with E-state index in [1.54, 1.807) is 6.07 Å². The van der Waals surface area contributed by atoms with Gasteiger partial charge in [-0.1, -0.05) is 6.07 Å². The zero-order valence-corrected chi connectivity index (χ0v) is 15.7. The topological polar surface area (TPSA) is 74.0 Å². The van der Waals surface area contributed by atoms with Crippen LogP contribution in [0.2, 0.25) is 0 Å². The van der Waals surface area contributed by atoms with Crippen molar-refractivity contribution in [3.8, 4) is 0 Å². The Labute approximate surface area is 163 Å². The molecule has 0 bridgehead atoms. The van der Waals surface area contributed by atoms with Crippen LogP contribution in [0.3, 0.4) is 0 Å². The third-order valence-corrected chi connectivity index (χ3v) is 5.70. The summed E-state index contributed by atoms with van der Waals surface area (Å²) in [4.78, 5) is 28.2. The molecule has 0 saturated heterocycles. The van der Waals surface area contributed by atoms with Crippen molar-refractivity contribution in [2.24, 2.45) is 5.92 Å². The van der Waals surface area contributed by atoms with Gasteiger partial charge in [0.2, 0.25) is 5.91 Å². The number of carbonyl (C=O) groups is 2. The molecule has 1 heterocycles. The third-order valence-electron chi connectivity index (χ3n) is 5.70. The second kappa shape index (κ2) is 6.82. The first-order valence-corrected chi connectivity index (χ1v) is 10.0. The van der Waals surface area contributed by atoms with E-state index in [0.717, 1.165) is 36.6 Å². The normalized spacial score (nSPS) is 15.9. The number of benzene rings is 2. The van der Waals surface area contributed by atoms with Crippen molar-refractivity contribution in [3.05, 3.63) is 59.3 Å². The van der Waals surface area contributed by atoms with Crippen molar-refractivity contribution in [2.75, 3.05) is 10.6 Å². The van der Waals surface area contributed by atoms with Crippen LogP contribution in [-0.4, -0.2) is 16.8 Å². The highest BCUT2D eigenvalue weighted by Gasteiger charge is 2.29. The number of H-pyrrole nitrogens is 1. The van der Waals surface area contributed by atoms with E-state index in [0.29, 0.717) is 16.9 Å². The summed E-state index contributed by atoms with van der Waals surface area (Å²) in [5.74, 6) is 0.0711. The van der Waals surface area contributed by atoms with Crippen LogP contribution in [0.25, 0.3) is 10.9 Å². The summed E-state index contributed by atoms with van der Waals surface area (Å²) in [5, 5.41) is 7.03. The molecule has 2 amide bonds. The van der Waals surface area contributed by atoms with Crippen LogP contribution in [0.15, 0.2) is 42.5 Å². The minimum Gasteiger partial charge on any atom is -0.358 e. The minimum absolute atomic E-state index is 0.0613. The maximum atomic E-state index is 12.8. The highest BCUT2D eigenvalue weighted by Crippen LogP contribution is 2.31. The SMILES string of the molecule is O=C(Nc1cccc(NC(=O)C2CC2)c1)c1ccc2[nH]c3c(c2c1)CCCC3. The van der Waals surface area contributed by atoms with Gasteiger partial charge in [-0.3, -0.25) is 9.59 Å². The van der Waals surface area contributed by atoms with E-state index < -0.39 is 0 Å². The lowest BCUT2D eigenvalue weighted by Crippen LogP contribution is -2.14. The first kappa shape index (κ1) is 17.0. The Hall–Kier alpha value is -3.08. The lowest BCUT2D eigenvalue weighted by molar-refractivity contribution is -0.117. The monoisotopic (exact) mass is 373 g/mol. The van der Waals surface area contributed by atoms with Crippen molar-refractivity contribution in [3.63, 3.8) is 0 Å². The Bertz CT molecular complexity index is 1080. The zero-order chi connectivity index (χ0) is 19.1. The van der Waals surface area contributed by atoms with Crippen molar-refractivity contribution in [1.29, 1.82) is 0 Å². The summed E-state index contributed by atoms with van der Waals surface area (Å²) in [6, 6.07) is 13.2. The third kappa shape index (κ3) is 3.28. The number of rotatable bonds is 4. The van der Waals surface area contributed by atoms with Crippen LogP contribution in [0, 0.1) is 5.92 Å². The molecule has 3 N–H and O–H groups in total. The summed E-state index contributed by atoms with van der Waals surface area (Å²) in [5.41, 5.74) is 5.82. The largest absolute Gasteiger partial charge is 0.358 e. The number of hydrogen-bond acceptors (Lipinski definition) is 2. The van der Waals surface area contributed by atoms with Gasteiger partial charge in [0.05, 0.1) is 0 Å². The molecule has 3 aromatic rings. The van der Waals surface area contributed by atoms with Gasteiger partial charge in [-0.25, -0.2) is 0 Å². The van der Waals surface area contributed by atoms with E-state index >= 15 is 0 Å². The first-order chi connectivity index (χ1) is 13.7. The van der Waals surface area contributed by atoms with Crippen LogP contribution < -0.4 is 10.6 Å². The van der Waals surface area contributed by atoms with Crippen LogP contribution in [0.1, 0.15) is 47.3 Å². The van der Waals surface area contributed by atoms with E-state index in [2.05, 4.69) is 15.6 Å². The second-order valence-electron chi connectivity index (χ2n) is 7.85. The van der Waals surface area contributed by atoms with Gasteiger partial charge in [0.15, 0.2) is 0 Å². The number of aromatic nitrogens is 1. The van der Waals surface area contributed by atoms with E-state index in [9.17, 15) is 9.59 Å². The van der Waals surface area contributed by atoms with Gasteiger partial charge in [-0.15, -0.1) is 0 Å². The summed E-state index contributed by atoms with van der Waals surface area (Å²) in [6.07, 6.45) is 6.52. The van der Waals surface area contributed by atoms with Gasteiger partial charge in [-0.2, -0.15) is 0 Å². The van der Waals surface area contributed by atoms with Crippen molar-refractivity contribution in [2.45, 2.75) is 38.5 Å². The van der Waals surface area contributed by atoms with Crippen LogP contribution in [0.4, 0.5) is 11.4 Å². The molecule has 2 aliphatic carbocycles. The van der Waals surface area contributed by atoms with E-state index in [1.165, 1.54) is 24.1 Å². The van der Waals surface area contributed by atoms with E-state index in [1.807, 2.05) is 36.4 Å². The predicted octanol–water partition coefficient (Wildman–Crippen LogP) is 4.65. The van der Waals surface area contributed by atoms with E-state index in [4.69, 9.17) is 0 Å². The summed E-state index contributed by atoms with van der Waals surface area (Å²) in [6.45, 7) is 0. The Morgan fingerprint density at radius 1 is 0.929 bits per heavy atom. The maximum Gasteiger partial charge on any atom is 0.255 e. The number of aromatic amines is 1. The molecule has 142 valence electrons. The Kier molecular flexibility index (Phi) is 4.15. The summed E-state index contributed by atoms with van der Waals surface area (Å²) in [7, 11) is 0. The van der Waals surface area contributed by atoms with Crippen molar-refractivity contribution in [1.82, 2.24) is 4.98 Å². The van der Waals surface area contributed by atoms with Gasteiger partial charge in [0.1, 0.15) is 0 Å². The molecule has 0 radical (unpaired) electrons.